The lowest BCUT2D eigenvalue weighted by molar-refractivity contribution is 0.0787. The Morgan fingerprint density at radius 1 is 1.25 bits per heavy atom. The molecule has 0 saturated heterocycles. The van der Waals surface area contributed by atoms with Gasteiger partial charge >= 0.3 is 0 Å². The monoisotopic (exact) mass is 191 g/mol. The fourth-order valence-electron chi connectivity index (χ4n) is 0.824. The van der Waals surface area contributed by atoms with Crippen LogP contribution in [0.4, 0.5) is 0 Å². The van der Waals surface area contributed by atoms with Crippen LogP contribution >= 0.6 is 12.6 Å². The normalized spacial score (nSPS) is 11.5. The van der Waals surface area contributed by atoms with Crippen LogP contribution in [0.2, 0.25) is 0 Å². The van der Waals surface area contributed by atoms with E-state index in [0.717, 1.165) is 25.3 Å². The van der Waals surface area contributed by atoms with Crippen LogP contribution in [-0.4, -0.2) is 30.0 Å². The maximum Gasteiger partial charge on any atom is 0.0343 e. The molecule has 0 aliphatic heterocycles. The molecule has 0 rings (SSSR count). The topological polar surface area (TPSA) is 27.3 Å². The fraction of sp³-hybridized carbons (Fsp3) is 1.00. The molecule has 0 unspecified atom stereocenters. The quantitative estimate of drug-likeness (QED) is 0.415. The van der Waals surface area contributed by atoms with Crippen molar-refractivity contribution in [2.75, 3.05) is 18.8 Å². The molecular weight excluding hydrogens is 170 g/mol. The Morgan fingerprint density at radius 3 is 2.25 bits per heavy atom. The van der Waals surface area contributed by atoms with Gasteiger partial charge in [-0.05, 0) is 20.3 Å². The maximum atomic E-state index is 4.14. The van der Waals surface area contributed by atoms with E-state index in [1.54, 1.807) is 0 Å². The molecule has 12 heavy (non-hydrogen) atoms. The molecule has 0 fully saturated rings. The van der Waals surface area contributed by atoms with Gasteiger partial charge in [-0.15, -0.1) is 0 Å². The van der Waals surface area contributed by atoms with Crippen molar-refractivity contribution in [2.24, 2.45) is 0 Å². The Labute approximate surface area is 81.2 Å². The predicted molar refractivity (Wildman–Crippen MR) is 57.1 cm³/mol. The molecule has 0 aromatic rings. The number of nitrogens with one attached hydrogen (secondary N) is 2. The molecule has 3 nitrogen and oxygen atoms in total. The number of hydrogen-bond donors (Lipinski definition) is 3. The van der Waals surface area contributed by atoms with Crippen LogP contribution in [0.25, 0.3) is 0 Å². The average Bonchev–Trinajstić information content (AvgIpc) is 2.04. The smallest absolute Gasteiger partial charge is 0.0343 e. The van der Waals surface area contributed by atoms with Crippen molar-refractivity contribution in [2.45, 2.75) is 33.2 Å². The van der Waals surface area contributed by atoms with E-state index in [0.29, 0.717) is 6.04 Å². The van der Waals surface area contributed by atoms with Crippen molar-refractivity contribution in [3.05, 3.63) is 0 Å². The number of nitrogens with zero attached hydrogens (tertiary/aromatic N) is 1. The van der Waals surface area contributed by atoms with E-state index in [4.69, 9.17) is 0 Å². The predicted octanol–water partition coefficient (Wildman–Crippen LogP) is 1.05. The fourth-order valence-corrected chi connectivity index (χ4v) is 0.924. The van der Waals surface area contributed by atoms with E-state index in [2.05, 4.69) is 44.3 Å². The molecule has 0 aromatic carbocycles. The summed E-state index contributed by atoms with van der Waals surface area (Å²) in [5, 5.41) is 2.04. The number of hydrogen-bond acceptors (Lipinski definition) is 4. The summed E-state index contributed by atoms with van der Waals surface area (Å²) in [7, 11) is 0. The third kappa shape index (κ3) is 5.83. The van der Waals surface area contributed by atoms with Gasteiger partial charge in [0.1, 0.15) is 0 Å². The zero-order valence-electron chi connectivity index (χ0n) is 8.30. The van der Waals surface area contributed by atoms with Crippen LogP contribution in [0.3, 0.4) is 0 Å². The number of rotatable bonds is 7. The molecule has 2 N–H and O–H groups in total. The maximum absolute atomic E-state index is 4.14. The first kappa shape index (κ1) is 12.2. The van der Waals surface area contributed by atoms with E-state index in [-0.39, 0.29) is 0 Å². The Morgan fingerprint density at radius 2 is 1.83 bits per heavy atom. The summed E-state index contributed by atoms with van der Waals surface area (Å²) in [5.41, 5.74) is 6.54. The van der Waals surface area contributed by atoms with Crippen molar-refractivity contribution in [3.63, 3.8) is 0 Å². The molecule has 0 saturated carbocycles. The number of thiol groups is 1. The zero-order chi connectivity index (χ0) is 9.40. The summed E-state index contributed by atoms with van der Waals surface area (Å²) >= 11 is 4.14. The first-order valence-electron chi connectivity index (χ1n) is 4.59. The molecular formula is C8H21N3S. The van der Waals surface area contributed by atoms with Gasteiger partial charge in [-0.2, -0.15) is 17.7 Å². The van der Waals surface area contributed by atoms with Gasteiger partial charge in [0.15, 0.2) is 0 Å². The highest BCUT2D eigenvalue weighted by molar-refractivity contribution is 7.80. The Hall–Kier alpha value is 0.230. The molecule has 0 amide bonds. The highest BCUT2D eigenvalue weighted by Gasteiger charge is 2.05. The highest BCUT2D eigenvalue weighted by atomic mass is 32.1. The lowest BCUT2D eigenvalue weighted by atomic mass is 10.4. The minimum Gasteiger partial charge on any atom is -0.241 e. The lowest BCUT2D eigenvalue weighted by Crippen LogP contribution is -2.52. The van der Waals surface area contributed by atoms with Crippen LogP contribution in [0, 0.1) is 0 Å². The molecule has 0 aromatic heterocycles. The standard InChI is InChI=1S/C8H21N3S/c1-4-5-9-11(8(2)3)10-6-7-12/h8-10,12H,4-7H2,1-3H3. The summed E-state index contributed by atoms with van der Waals surface area (Å²) in [5.74, 6) is 0.858. The summed E-state index contributed by atoms with van der Waals surface area (Å²) in [4.78, 5) is 0. The average molecular weight is 191 g/mol. The second-order valence-corrected chi connectivity index (χ2v) is 3.45. The summed E-state index contributed by atoms with van der Waals surface area (Å²) in [6.45, 7) is 8.36. The van der Waals surface area contributed by atoms with E-state index < -0.39 is 0 Å². The number of hydrazine groups is 2. The summed E-state index contributed by atoms with van der Waals surface area (Å²) in [6.07, 6.45) is 1.14. The summed E-state index contributed by atoms with van der Waals surface area (Å²) in [6, 6.07) is 0.469. The van der Waals surface area contributed by atoms with Gasteiger partial charge in [0.25, 0.3) is 0 Å². The first-order chi connectivity index (χ1) is 5.72. The van der Waals surface area contributed by atoms with Gasteiger partial charge in [0, 0.05) is 24.9 Å². The van der Waals surface area contributed by atoms with Crippen molar-refractivity contribution in [1.29, 1.82) is 0 Å². The molecule has 74 valence electrons. The molecule has 4 heteroatoms. The third-order valence-electron chi connectivity index (χ3n) is 1.44. The molecule has 0 atom stereocenters. The molecule has 0 heterocycles. The minimum atomic E-state index is 0.469. The van der Waals surface area contributed by atoms with Gasteiger partial charge < -0.3 is 0 Å². The summed E-state index contributed by atoms with van der Waals surface area (Å²) < 4.78 is 0. The molecule has 0 aliphatic carbocycles. The van der Waals surface area contributed by atoms with Crippen LogP contribution in [0.1, 0.15) is 27.2 Å². The van der Waals surface area contributed by atoms with Crippen LogP contribution in [0.5, 0.6) is 0 Å². The van der Waals surface area contributed by atoms with E-state index in [9.17, 15) is 0 Å². The van der Waals surface area contributed by atoms with Gasteiger partial charge in [-0.25, -0.2) is 10.9 Å². The van der Waals surface area contributed by atoms with Crippen molar-refractivity contribution >= 4 is 12.6 Å². The van der Waals surface area contributed by atoms with Crippen LogP contribution < -0.4 is 10.9 Å². The molecule has 0 radical (unpaired) electrons. The van der Waals surface area contributed by atoms with Gasteiger partial charge in [-0.3, -0.25) is 0 Å². The van der Waals surface area contributed by atoms with Crippen molar-refractivity contribution in [3.8, 4) is 0 Å². The SMILES string of the molecule is CCCNN(NCCS)C(C)C. The second kappa shape index (κ2) is 7.86. The van der Waals surface area contributed by atoms with E-state index in [1.807, 2.05) is 5.12 Å². The minimum absolute atomic E-state index is 0.469. The van der Waals surface area contributed by atoms with Gasteiger partial charge in [0.05, 0.1) is 0 Å². The van der Waals surface area contributed by atoms with Gasteiger partial charge in [-0.1, -0.05) is 6.92 Å². The van der Waals surface area contributed by atoms with E-state index in [1.165, 1.54) is 0 Å². The zero-order valence-corrected chi connectivity index (χ0v) is 9.19. The highest BCUT2D eigenvalue weighted by Crippen LogP contribution is 1.88. The van der Waals surface area contributed by atoms with Crippen molar-refractivity contribution < 1.29 is 0 Å². The molecule has 0 aliphatic rings. The Kier molecular flexibility index (Phi) is 8.01. The van der Waals surface area contributed by atoms with E-state index >= 15 is 0 Å². The third-order valence-corrected chi connectivity index (χ3v) is 1.67. The van der Waals surface area contributed by atoms with Crippen LogP contribution in [0.15, 0.2) is 0 Å². The van der Waals surface area contributed by atoms with Crippen LogP contribution in [-0.2, 0) is 0 Å². The Bertz CT molecular complexity index is 90.3. The Balaban J connectivity index is 3.55. The second-order valence-electron chi connectivity index (χ2n) is 3.00. The molecule has 0 spiro atoms. The largest absolute Gasteiger partial charge is 0.241 e. The lowest BCUT2D eigenvalue weighted by Gasteiger charge is -2.27. The van der Waals surface area contributed by atoms with Gasteiger partial charge in [0.2, 0.25) is 0 Å². The molecule has 0 bridgehead atoms. The first-order valence-corrected chi connectivity index (χ1v) is 5.22. The van der Waals surface area contributed by atoms with Crippen molar-refractivity contribution in [1.82, 2.24) is 16.0 Å².